The zero-order chi connectivity index (χ0) is 12.6. The molecule has 1 aliphatic rings. The highest BCUT2D eigenvalue weighted by atomic mass is 79.9. The maximum Gasteiger partial charge on any atom is 0.122 e. The number of hydrogen-bond donors (Lipinski definition) is 1. The largest absolute Gasteiger partial charge is 0.491 e. The molecule has 0 amide bonds. The first kappa shape index (κ1) is 12.2. The van der Waals surface area contributed by atoms with Gasteiger partial charge in [-0.3, -0.25) is 0 Å². The van der Waals surface area contributed by atoms with E-state index in [0.717, 1.165) is 23.1 Å². The zero-order valence-corrected chi connectivity index (χ0v) is 12.3. The Morgan fingerprint density at radius 3 is 2.94 bits per heavy atom. The van der Waals surface area contributed by atoms with E-state index in [4.69, 9.17) is 10.5 Å². The third kappa shape index (κ3) is 2.32. The first-order valence-electron chi connectivity index (χ1n) is 5.88. The van der Waals surface area contributed by atoms with Gasteiger partial charge in [0.05, 0.1) is 5.54 Å². The molecule has 0 saturated carbocycles. The Labute approximate surface area is 119 Å². The molecule has 0 bridgehead atoms. The van der Waals surface area contributed by atoms with Crippen molar-refractivity contribution >= 4 is 27.3 Å². The van der Waals surface area contributed by atoms with Gasteiger partial charge < -0.3 is 10.5 Å². The van der Waals surface area contributed by atoms with Crippen molar-refractivity contribution < 1.29 is 4.74 Å². The summed E-state index contributed by atoms with van der Waals surface area (Å²) >= 11 is 5.30. The Bertz CT molecular complexity index is 568. The van der Waals surface area contributed by atoms with E-state index in [1.165, 1.54) is 10.4 Å². The van der Waals surface area contributed by atoms with Crippen LogP contribution in [0.4, 0.5) is 0 Å². The van der Waals surface area contributed by atoms with Gasteiger partial charge in [-0.25, -0.2) is 0 Å². The molecule has 1 unspecified atom stereocenters. The topological polar surface area (TPSA) is 35.2 Å². The molecule has 1 aliphatic heterocycles. The van der Waals surface area contributed by atoms with E-state index >= 15 is 0 Å². The highest BCUT2D eigenvalue weighted by molar-refractivity contribution is 9.10. The second kappa shape index (κ2) is 4.68. The molecule has 4 heteroatoms. The predicted molar refractivity (Wildman–Crippen MR) is 78.3 cm³/mol. The van der Waals surface area contributed by atoms with Crippen molar-refractivity contribution in [2.45, 2.75) is 18.4 Å². The quantitative estimate of drug-likeness (QED) is 0.919. The number of benzene rings is 1. The van der Waals surface area contributed by atoms with E-state index in [0.29, 0.717) is 6.61 Å². The molecule has 0 saturated heterocycles. The van der Waals surface area contributed by atoms with Gasteiger partial charge in [0.2, 0.25) is 0 Å². The van der Waals surface area contributed by atoms with Crippen molar-refractivity contribution in [2.24, 2.45) is 5.73 Å². The number of ether oxygens (including phenoxy) is 1. The Morgan fingerprint density at radius 2 is 2.17 bits per heavy atom. The maximum atomic E-state index is 6.49. The summed E-state index contributed by atoms with van der Waals surface area (Å²) in [7, 11) is 0. The number of fused-ring (bicyclic) bond motifs is 1. The van der Waals surface area contributed by atoms with Gasteiger partial charge in [0.1, 0.15) is 12.4 Å². The van der Waals surface area contributed by atoms with Crippen molar-refractivity contribution in [1.29, 1.82) is 0 Å². The van der Waals surface area contributed by atoms with Crippen molar-refractivity contribution in [2.75, 3.05) is 6.61 Å². The third-order valence-corrected chi connectivity index (χ3v) is 5.16. The van der Waals surface area contributed by atoms with E-state index in [9.17, 15) is 0 Å². The molecule has 0 fully saturated rings. The zero-order valence-electron chi connectivity index (χ0n) is 9.86. The van der Waals surface area contributed by atoms with E-state index in [2.05, 4.69) is 33.4 Å². The molecule has 2 aromatic rings. The van der Waals surface area contributed by atoms with Crippen LogP contribution in [0.25, 0.3) is 0 Å². The van der Waals surface area contributed by atoms with Gasteiger partial charge in [-0.2, -0.15) is 0 Å². The van der Waals surface area contributed by atoms with Crippen molar-refractivity contribution in [1.82, 2.24) is 0 Å². The van der Waals surface area contributed by atoms with Crippen LogP contribution in [-0.4, -0.2) is 12.1 Å². The highest BCUT2D eigenvalue weighted by Crippen LogP contribution is 2.33. The van der Waals surface area contributed by atoms with Gasteiger partial charge in [0, 0.05) is 15.8 Å². The molecule has 2 heterocycles. The predicted octanol–water partition coefficient (Wildman–Crippen LogP) is 3.39. The summed E-state index contributed by atoms with van der Waals surface area (Å²) in [6, 6.07) is 10.2. The first-order chi connectivity index (χ1) is 8.66. The molecule has 0 radical (unpaired) electrons. The van der Waals surface area contributed by atoms with Crippen LogP contribution < -0.4 is 10.5 Å². The number of thiophene rings is 1. The van der Waals surface area contributed by atoms with Gasteiger partial charge in [-0.1, -0.05) is 18.2 Å². The Balaban J connectivity index is 1.84. The van der Waals surface area contributed by atoms with Crippen molar-refractivity contribution in [3.05, 3.63) is 50.6 Å². The highest BCUT2D eigenvalue weighted by Gasteiger charge is 2.32. The van der Waals surface area contributed by atoms with E-state index in [1.54, 1.807) is 11.3 Å². The van der Waals surface area contributed by atoms with Gasteiger partial charge in [0.15, 0.2) is 0 Å². The number of nitrogens with two attached hydrogens (primary N) is 1. The van der Waals surface area contributed by atoms with Gasteiger partial charge in [-0.05, 0) is 45.4 Å². The lowest BCUT2D eigenvalue weighted by Gasteiger charge is -2.34. The molecule has 2 nitrogen and oxygen atoms in total. The summed E-state index contributed by atoms with van der Waals surface area (Å²) < 4.78 is 6.94. The van der Waals surface area contributed by atoms with Gasteiger partial charge in [0.25, 0.3) is 0 Å². The molecule has 2 N–H and O–H groups in total. The smallest absolute Gasteiger partial charge is 0.122 e. The molecular weight excluding hydrogens is 310 g/mol. The molecular formula is C14H14BrNOS. The number of para-hydroxylation sites is 1. The molecule has 1 atom stereocenters. The van der Waals surface area contributed by atoms with Gasteiger partial charge in [-0.15, -0.1) is 11.3 Å². The summed E-state index contributed by atoms with van der Waals surface area (Å²) in [5, 5.41) is 2.08. The summed E-state index contributed by atoms with van der Waals surface area (Å²) in [6.07, 6.45) is 1.72. The van der Waals surface area contributed by atoms with Crippen LogP contribution in [0.1, 0.15) is 10.4 Å². The van der Waals surface area contributed by atoms with Crippen molar-refractivity contribution in [3.63, 3.8) is 0 Å². The van der Waals surface area contributed by atoms with Crippen LogP contribution in [0.5, 0.6) is 5.75 Å². The second-order valence-electron chi connectivity index (χ2n) is 4.80. The Hall–Kier alpha value is -0.840. The fraction of sp³-hybridized carbons (Fsp3) is 0.286. The number of hydrogen-bond acceptors (Lipinski definition) is 3. The standard InChI is InChI=1S/C14H14BrNOS/c15-11-5-6-18-13(11)8-14(16)7-10-3-1-2-4-12(10)17-9-14/h1-6H,7-9,16H2. The average Bonchev–Trinajstić information content (AvgIpc) is 2.74. The SMILES string of the molecule is NC1(Cc2sccc2Br)COc2ccccc2C1. The lowest BCUT2D eigenvalue weighted by atomic mass is 9.86. The summed E-state index contributed by atoms with van der Waals surface area (Å²) in [5.41, 5.74) is 7.40. The number of halogens is 1. The number of rotatable bonds is 2. The molecule has 0 aliphatic carbocycles. The van der Waals surface area contributed by atoms with E-state index < -0.39 is 0 Å². The second-order valence-corrected chi connectivity index (χ2v) is 6.66. The molecule has 18 heavy (non-hydrogen) atoms. The Kier molecular flexibility index (Phi) is 3.18. The summed E-state index contributed by atoms with van der Waals surface area (Å²) in [6.45, 7) is 0.578. The minimum absolute atomic E-state index is 0.304. The third-order valence-electron chi connectivity index (χ3n) is 3.23. The average molecular weight is 324 g/mol. The summed E-state index contributed by atoms with van der Waals surface area (Å²) in [5.74, 6) is 0.976. The lowest BCUT2D eigenvalue weighted by Crippen LogP contribution is -2.51. The minimum atomic E-state index is -0.304. The first-order valence-corrected chi connectivity index (χ1v) is 7.55. The fourth-order valence-electron chi connectivity index (χ4n) is 2.33. The van der Waals surface area contributed by atoms with Crippen LogP contribution in [0.3, 0.4) is 0 Å². The molecule has 94 valence electrons. The van der Waals surface area contributed by atoms with Crippen LogP contribution in [0, 0.1) is 0 Å². The lowest BCUT2D eigenvalue weighted by molar-refractivity contribution is 0.190. The van der Waals surface area contributed by atoms with Crippen LogP contribution in [0.2, 0.25) is 0 Å². The van der Waals surface area contributed by atoms with Crippen LogP contribution >= 0.6 is 27.3 Å². The fourth-order valence-corrected chi connectivity index (χ4v) is 3.97. The minimum Gasteiger partial charge on any atom is -0.491 e. The monoisotopic (exact) mass is 323 g/mol. The molecule has 1 aromatic carbocycles. The van der Waals surface area contributed by atoms with E-state index in [1.807, 2.05) is 18.2 Å². The summed E-state index contributed by atoms with van der Waals surface area (Å²) in [4.78, 5) is 1.29. The molecule has 1 aromatic heterocycles. The van der Waals surface area contributed by atoms with Crippen molar-refractivity contribution in [3.8, 4) is 5.75 Å². The van der Waals surface area contributed by atoms with Crippen LogP contribution in [-0.2, 0) is 12.8 Å². The van der Waals surface area contributed by atoms with Crippen LogP contribution in [0.15, 0.2) is 40.2 Å². The van der Waals surface area contributed by atoms with Gasteiger partial charge >= 0.3 is 0 Å². The maximum absolute atomic E-state index is 6.49. The van der Waals surface area contributed by atoms with E-state index in [-0.39, 0.29) is 5.54 Å². The Morgan fingerprint density at radius 1 is 1.33 bits per heavy atom. The molecule has 0 spiro atoms. The molecule has 3 rings (SSSR count). The normalized spacial score (nSPS) is 22.3.